The van der Waals surface area contributed by atoms with E-state index >= 15 is 0 Å². The first kappa shape index (κ1) is 14.5. The smallest absolute Gasteiger partial charge is 0.231 e. The van der Waals surface area contributed by atoms with Gasteiger partial charge >= 0.3 is 0 Å². The molecule has 0 aliphatic carbocycles. The molecule has 1 N–H and O–H groups in total. The number of rotatable bonds is 3. The van der Waals surface area contributed by atoms with E-state index in [1.807, 2.05) is 6.19 Å². The second kappa shape index (κ2) is 6.12. The molecule has 1 fully saturated rings. The van der Waals surface area contributed by atoms with Crippen molar-refractivity contribution >= 4 is 22.4 Å². The molecule has 0 spiro atoms. The van der Waals surface area contributed by atoms with Gasteiger partial charge in [0.1, 0.15) is 5.82 Å². The van der Waals surface area contributed by atoms with Crippen molar-refractivity contribution in [3.63, 3.8) is 0 Å². The number of likely N-dealkylation sites (tertiary alicyclic amines) is 1. The lowest BCUT2D eigenvalue weighted by molar-refractivity contribution is -0.119. The lowest BCUT2D eigenvalue weighted by atomic mass is 10.1. The van der Waals surface area contributed by atoms with Crippen molar-refractivity contribution in [3.05, 3.63) is 36.3 Å². The number of nitrogens with zero attached hydrogens (tertiary/aromatic N) is 3. The van der Waals surface area contributed by atoms with Crippen molar-refractivity contribution in [3.8, 4) is 16.6 Å². The molecule has 3 rings (SSSR count). The molecule has 112 valence electrons. The summed E-state index contributed by atoms with van der Waals surface area (Å²) >= 11 is 1.23. The second-order valence-corrected chi connectivity index (χ2v) is 6.06. The van der Waals surface area contributed by atoms with Crippen LogP contribution in [0.2, 0.25) is 0 Å². The first-order chi connectivity index (χ1) is 10.7. The van der Waals surface area contributed by atoms with Crippen molar-refractivity contribution in [2.45, 2.75) is 6.42 Å². The first-order valence-corrected chi connectivity index (χ1v) is 7.65. The Morgan fingerprint density at radius 1 is 1.50 bits per heavy atom. The maximum absolute atomic E-state index is 13.7. The third kappa shape index (κ3) is 2.92. The SMILES string of the molecule is N#CN1CCC(C(=O)Nc2ncc(-c3ccccc3F)s2)C1. The minimum Gasteiger partial charge on any atom is -0.310 e. The Kier molecular flexibility index (Phi) is 4.02. The summed E-state index contributed by atoms with van der Waals surface area (Å²) in [6.45, 7) is 1.04. The molecule has 1 amide bonds. The zero-order valence-electron chi connectivity index (χ0n) is 11.6. The van der Waals surface area contributed by atoms with Crippen LogP contribution >= 0.6 is 11.3 Å². The Morgan fingerprint density at radius 2 is 2.32 bits per heavy atom. The van der Waals surface area contributed by atoms with Gasteiger partial charge in [0.2, 0.25) is 5.91 Å². The average Bonchev–Trinajstić information content (AvgIpc) is 3.16. The molecule has 1 aliphatic heterocycles. The number of amides is 1. The molecule has 1 aromatic heterocycles. The fraction of sp³-hybridized carbons (Fsp3) is 0.267. The first-order valence-electron chi connectivity index (χ1n) is 6.83. The van der Waals surface area contributed by atoms with Crippen LogP contribution in [0, 0.1) is 23.2 Å². The monoisotopic (exact) mass is 316 g/mol. The molecule has 1 aromatic carbocycles. The molecule has 1 saturated heterocycles. The molecule has 5 nitrogen and oxygen atoms in total. The molecule has 0 bridgehead atoms. The van der Waals surface area contributed by atoms with Crippen LogP contribution in [-0.4, -0.2) is 28.9 Å². The molecule has 7 heteroatoms. The molecule has 1 unspecified atom stereocenters. The third-order valence-corrected chi connectivity index (χ3v) is 4.52. The van der Waals surface area contributed by atoms with E-state index in [-0.39, 0.29) is 17.6 Å². The Hall–Kier alpha value is -2.46. The predicted molar refractivity (Wildman–Crippen MR) is 81.4 cm³/mol. The number of anilines is 1. The van der Waals surface area contributed by atoms with Crippen LogP contribution < -0.4 is 5.32 Å². The van der Waals surface area contributed by atoms with Gasteiger partial charge in [-0.1, -0.05) is 29.5 Å². The maximum atomic E-state index is 13.7. The van der Waals surface area contributed by atoms with Gasteiger partial charge in [0.25, 0.3) is 0 Å². The van der Waals surface area contributed by atoms with Gasteiger partial charge < -0.3 is 10.2 Å². The summed E-state index contributed by atoms with van der Waals surface area (Å²) in [6.07, 6.45) is 4.25. The number of aromatic nitrogens is 1. The van der Waals surface area contributed by atoms with Crippen molar-refractivity contribution in [1.29, 1.82) is 5.26 Å². The number of nitriles is 1. The minimum absolute atomic E-state index is 0.146. The normalized spacial score (nSPS) is 17.3. The highest BCUT2D eigenvalue weighted by Gasteiger charge is 2.28. The zero-order chi connectivity index (χ0) is 15.5. The summed E-state index contributed by atoms with van der Waals surface area (Å²) in [7, 11) is 0. The van der Waals surface area contributed by atoms with Gasteiger partial charge in [-0.15, -0.1) is 0 Å². The van der Waals surface area contributed by atoms with Crippen molar-refractivity contribution in [1.82, 2.24) is 9.88 Å². The Balaban J connectivity index is 1.69. The van der Waals surface area contributed by atoms with Crippen LogP contribution in [0.4, 0.5) is 9.52 Å². The van der Waals surface area contributed by atoms with Crippen LogP contribution in [0.3, 0.4) is 0 Å². The van der Waals surface area contributed by atoms with Gasteiger partial charge in [-0.05, 0) is 12.5 Å². The maximum Gasteiger partial charge on any atom is 0.231 e. The predicted octanol–water partition coefficient (Wildman–Crippen LogP) is 2.69. The van der Waals surface area contributed by atoms with E-state index in [1.54, 1.807) is 29.3 Å². The molecule has 2 aromatic rings. The molecular formula is C15H13FN4OS. The van der Waals surface area contributed by atoms with Crippen LogP contribution in [-0.2, 0) is 4.79 Å². The van der Waals surface area contributed by atoms with Crippen LogP contribution in [0.1, 0.15) is 6.42 Å². The quantitative estimate of drug-likeness (QED) is 0.884. The molecule has 0 radical (unpaired) electrons. The molecule has 0 saturated carbocycles. The number of thiazole rings is 1. The highest BCUT2D eigenvalue weighted by Crippen LogP contribution is 2.31. The van der Waals surface area contributed by atoms with Gasteiger partial charge in [0, 0.05) is 24.8 Å². The van der Waals surface area contributed by atoms with E-state index in [0.29, 0.717) is 35.1 Å². The number of hydrogen-bond acceptors (Lipinski definition) is 5. The minimum atomic E-state index is -0.315. The number of benzene rings is 1. The summed E-state index contributed by atoms with van der Waals surface area (Å²) in [4.78, 5) is 18.5. The standard InChI is InChI=1S/C15H13FN4OS/c16-12-4-2-1-3-11(12)13-7-18-15(22-13)19-14(21)10-5-6-20(8-10)9-17/h1-4,7,10H,5-6,8H2,(H,18,19,21). The van der Waals surface area contributed by atoms with Crippen molar-refractivity contribution in [2.75, 3.05) is 18.4 Å². The lowest BCUT2D eigenvalue weighted by Crippen LogP contribution is -2.25. The Bertz CT molecular complexity index is 739. The molecule has 1 aliphatic rings. The van der Waals surface area contributed by atoms with E-state index in [4.69, 9.17) is 5.26 Å². The fourth-order valence-corrected chi connectivity index (χ4v) is 3.24. The summed E-state index contributed by atoms with van der Waals surface area (Å²) in [5.41, 5.74) is 0.469. The van der Waals surface area contributed by atoms with Gasteiger partial charge in [-0.3, -0.25) is 4.79 Å². The van der Waals surface area contributed by atoms with Gasteiger partial charge in [0.15, 0.2) is 11.3 Å². The van der Waals surface area contributed by atoms with Crippen LogP contribution in [0.15, 0.2) is 30.5 Å². The van der Waals surface area contributed by atoms with E-state index in [9.17, 15) is 9.18 Å². The van der Waals surface area contributed by atoms with E-state index in [2.05, 4.69) is 10.3 Å². The third-order valence-electron chi connectivity index (χ3n) is 3.58. The van der Waals surface area contributed by atoms with Crippen molar-refractivity contribution < 1.29 is 9.18 Å². The average molecular weight is 316 g/mol. The number of carbonyl (C=O) groups is 1. The van der Waals surface area contributed by atoms with E-state index in [1.165, 1.54) is 17.4 Å². The van der Waals surface area contributed by atoms with E-state index in [0.717, 1.165) is 0 Å². The van der Waals surface area contributed by atoms with Gasteiger partial charge in [-0.25, -0.2) is 9.37 Å². The summed E-state index contributed by atoms with van der Waals surface area (Å²) in [6, 6.07) is 6.45. The summed E-state index contributed by atoms with van der Waals surface area (Å²) in [5, 5.41) is 12.0. The van der Waals surface area contributed by atoms with Crippen LogP contribution in [0.25, 0.3) is 10.4 Å². The molecule has 1 atom stereocenters. The fourth-order valence-electron chi connectivity index (χ4n) is 2.39. The number of hydrogen-bond donors (Lipinski definition) is 1. The summed E-state index contributed by atoms with van der Waals surface area (Å²) in [5.74, 6) is -0.669. The van der Waals surface area contributed by atoms with Crippen molar-refractivity contribution in [2.24, 2.45) is 5.92 Å². The highest BCUT2D eigenvalue weighted by molar-refractivity contribution is 7.19. The van der Waals surface area contributed by atoms with E-state index < -0.39 is 0 Å². The lowest BCUT2D eigenvalue weighted by Gasteiger charge is -2.08. The molecular weight excluding hydrogens is 303 g/mol. The second-order valence-electron chi connectivity index (χ2n) is 5.03. The number of carbonyl (C=O) groups excluding carboxylic acids is 1. The zero-order valence-corrected chi connectivity index (χ0v) is 12.4. The largest absolute Gasteiger partial charge is 0.310 e. The Labute approximate surface area is 131 Å². The van der Waals surface area contributed by atoms with Gasteiger partial charge in [0.05, 0.1) is 10.8 Å². The number of halogens is 1. The Morgan fingerprint density at radius 3 is 3.05 bits per heavy atom. The summed E-state index contributed by atoms with van der Waals surface area (Å²) < 4.78 is 13.7. The number of nitrogens with one attached hydrogen (secondary N) is 1. The molecule has 2 heterocycles. The molecule has 22 heavy (non-hydrogen) atoms. The highest BCUT2D eigenvalue weighted by atomic mass is 32.1. The van der Waals surface area contributed by atoms with Crippen LogP contribution in [0.5, 0.6) is 0 Å². The van der Waals surface area contributed by atoms with Gasteiger partial charge in [-0.2, -0.15) is 5.26 Å². The topological polar surface area (TPSA) is 69.0 Å².